The number of fused-ring (bicyclic) bond motifs is 8. The van der Waals surface area contributed by atoms with Crippen molar-refractivity contribution >= 4 is 16.8 Å². The number of aliphatic hydroxyl groups is 2. The molecule has 0 bridgehead atoms. The lowest BCUT2D eigenvalue weighted by Gasteiger charge is -2.40. The summed E-state index contributed by atoms with van der Waals surface area (Å²) >= 11 is 0. The lowest BCUT2D eigenvalue weighted by atomic mass is 9.78. The van der Waals surface area contributed by atoms with E-state index in [-0.39, 0.29) is 19.8 Å². The van der Waals surface area contributed by atoms with Gasteiger partial charge >= 0.3 is 0 Å². The number of benzene rings is 5. The molecule has 0 fully saturated rings. The molecule has 0 aromatic heterocycles. The number of unbranched alkanes of at least 4 members (excludes halogenated alkanes) is 1. The average Bonchev–Trinajstić information content (AvgIpc) is 3.49. The molecule has 5 aromatic rings. The first-order valence-corrected chi connectivity index (χ1v) is 17.9. The highest BCUT2D eigenvalue weighted by Gasteiger charge is 2.49. The van der Waals surface area contributed by atoms with E-state index >= 15 is 0 Å². The third kappa shape index (κ3) is 5.99. The van der Waals surface area contributed by atoms with Crippen LogP contribution in [0, 0.1) is 0 Å². The smallest absolute Gasteiger partial charge is 0.178 e. The van der Waals surface area contributed by atoms with Gasteiger partial charge in [0.2, 0.25) is 0 Å². The zero-order valence-electron chi connectivity index (χ0n) is 30.2. The van der Waals surface area contributed by atoms with Crippen molar-refractivity contribution in [2.45, 2.75) is 44.0 Å². The molecule has 1 aliphatic carbocycles. The molecule has 1 atom stereocenters. The van der Waals surface area contributed by atoms with Crippen LogP contribution < -0.4 is 18.9 Å². The van der Waals surface area contributed by atoms with Crippen LogP contribution in [-0.4, -0.2) is 58.0 Å². The molecule has 8 heteroatoms. The average molecular weight is 703 g/mol. The van der Waals surface area contributed by atoms with Crippen LogP contribution in [0.2, 0.25) is 0 Å². The summed E-state index contributed by atoms with van der Waals surface area (Å²) < 4.78 is 37.2. The van der Waals surface area contributed by atoms with E-state index in [1.807, 2.05) is 60.7 Å². The van der Waals surface area contributed by atoms with Crippen molar-refractivity contribution in [2.24, 2.45) is 0 Å². The lowest BCUT2D eigenvalue weighted by molar-refractivity contribution is -0.0534. The normalized spacial score (nSPS) is 16.6. The maximum absolute atomic E-state index is 10.3. The Kier molecular flexibility index (Phi) is 10.3. The van der Waals surface area contributed by atoms with Gasteiger partial charge in [0.25, 0.3) is 0 Å². The number of rotatable bonds is 15. The van der Waals surface area contributed by atoms with Gasteiger partial charge in [-0.2, -0.15) is 0 Å². The van der Waals surface area contributed by atoms with Crippen molar-refractivity contribution in [1.29, 1.82) is 0 Å². The highest BCUT2D eigenvalue weighted by molar-refractivity contribution is 6.08. The molecule has 270 valence electrons. The fourth-order valence-corrected chi connectivity index (χ4v) is 7.83. The molecule has 8 nitrogen and oxygen atoms in total. The fraction of sp³-hybridized carbons (Fsp3) is 0.318. The minimum Gasteiger partial charge on any atom is -0.497 e. The zero-order valence-corrected chi connectivity index (χ0v) is 30.2. The van der Waals surface area contributed by atoms with Crippen molar-refractivity contribution in [3.05, 3.63) is 124 Å². The summed E-state index contributed by atoms with van der Waals surface area (Å²) in [6.07, 6.45) is 6.91. The van der Waals surface area contributed by atoms with Crippen molar-refractivity contribution in [2.75, 3.05) is 47.8 Å². The number of methoxy groups -OCH3 is 3. The molecule has 0 saturated heterocycles. The molecule has 0 saturated carbocycles. The zero-order chi connectivity index (χ0) is 36.3. The molecule has 0 amide bonds. The van der Waals surface area contributed by atoms with Gasteiger partial charge in [0.15, 0.2) is 5.60 Å². The van der Waals surface area contributed by atoms with Crippen LogP contribution >= 0.6 is 0 Å². The first-order valence-electron chi connectivity index (χ1n) is 17.9. The molecule has 1 heterocycles. The Morgan fingerprint density at radius 1 is 0.712 bits per heavy atom. The molecule has 2 N–H and O–H groups in total. The van der Waals surface area contributed by atoms with Gasteiger partial charge in [-0.15, -0.1) is 0 Å². The van der Waals surface area contributed by atoms with Gasteiger partial charge in [0, 0.05) is 27.6 Å². The van der Waals surface area contributed by atoms with E-state index in [9.17, 15) is 10.2 Å². The molecule has 52 heavy (non-hydrogen) atoms. The Bertz CT molecular complexity index is 2020. The second-order valence-corrected chi connectivity index (χ2v) is 13.2. The molecular formula is C44H46O8. The van der Waals surface area contributed by atoms with Crippen LogP contribution in [-0.2, 0) is 27.3 Å². The third-order valence-corrected chi connectivity index (χ3v) is 10.4. The predicted octanol–water partition coefficient (Wildman–Crippen LogP) is 8.15. The summed E-state index contributed by atoms with van der Waals surface area (Å²) in [7, 11) is 5.00. The van der Waals surface area contributed by atoms with Gasteiger partial charge in [-0.25, -0.2) is 0 Å². The van der Waals surface area contributed by atoms with Crippen molar-refractivity contribution in [1.82, 2.24) is 0 Å². The monoisotopic (exact) mass is 702 g/mol. The number of aliphatic hydroxyl groups excluding tert-OH is 2. The van der Waals surface area contributed by atoms with E-state index in [0.717, 1.165) is 91.1 Å². The predicted molar refractivity (Wildman–Crippen MR) is 202 cm³/mol. The summed E-state index contributed by atoms with van der Waals surface area (Å²) in [5.74, 6) is 2.94. The second-order valence-electron chi connectivity index (χ2n) is 13.2. The van der Waals surface area contributed by atoms with Crippen molar-refractivity contribution < 1.29 is 38.6 Å². The number of ether oxygens (including phenoxy) is 6. The summed E-state index contributed by atoms with van der Waals surface area (Å²) in [5.41, 5.74) is 5.95. The Morgan fingerprint density at radius 2 is 1.38 bits per heavy atom. The van der Waals surface area contributed by atoms with E-state index in [1.54, 1.807) is 21.3 Å². The molecule has 1 aliphatic heterocycles. The minimum atomic E-state index is -1.00. The summed E-state index contributed by atoms with van der Waals surface area (Å²) in [6.45, 7) is 2.93. The molecule has 0 spiro atoms. The molecule has 7 rings (SSSR count). The van der Waals surface area contributed by atoms with Crippen LogP contribution in [0.15, 0.2) is 91.0 Å². The van der Waals surface area contributed by atoms with E-state index in [0.29, 0.717) is 19.6 Å². The summed E-state index contributed by atoms with van der Waals surface area (Å²) in [5, 5.41) is 21.6. The number of hydrogen-bond donors (Lipinski definition) is 2. The Morgan fingerprint density at radius 3 is 2.00 bits per heavy atom. The van der Waals surface area contributed by atoms with Gasteiger partial charge in [0.1, 0.15) is 28.6 Å². The van der Waals surface area contributed by atoms with Crippen LogP contribution in [0.1, 0.15) is 59.6 Å². The van der Waals surface area contributed by atoms with Gasteiger partial charge in [-0.3, -0.25) is 0 Å². The Labute approximate surface area is 305 Å². The Balaban J connectivity index is 1.53. The summed E-state index contributed by atoms with van der Waals surface area (Å²) in [4.78, 5) is 0. The van der Waals surface area contributed by atoms with Crippen molar-refractivity contribution in [3.8, 4) is 34.1 Å². The van der Waals surface area contributed by atoms with Gasteiger partial charge in [-0.1, -0.05) is 62.2 Å². The summed E-state index contributed by atoms with van der Waals surface area (Å²) in [6, 6.07) is 28.3. The largest absolute Gasteiger partial charge is 0.497 e. The number of hydrogen-bond acceptors (Lipinski definition) is 8. The SMILES string of the molecule is CCCCC1(OCCOCCO)c2cc(CO)ccc2-c2c1c1c(c3cc(OC)ccc23)OC(c2ccc(OC)cc2)(c2ccc(OC)cc2)C=C1. The van der Waals surface area contributed by atoms with Gasteiger partial charge in [0.05, 0.1) is 54.4 Å². The van der Waals surface area contributed by atoms with Crippen LogP contribution in [0.25, 0.3) is 28.0 Å². The maximum atomic E-state index is 10.3. The van der Waals surface area contributed by atoms with Gasteiger partial charge in [-0.05, 0) is 88.7 Å². The first-order chi connectivity index (χ1) is 25.5. The highest BCUT2D eigenvalue weighted by atomic mass is 16.5. The highest BCUT2D eigenvalue weighted by Crippen LogP contribution is 2.60. The maximum Gasteiger partial charge on any atom is 0.178 e. The van der Waals surface area contributed by atoms with E-state index in [2.05, 4.69) is 43.3 Å². The van der Waals surface area contributed by atoms with Gasteiger partial charge < -0.3 is 38.6 Å². The van der Waals surface area contributed by atoms with Crippen molar-refractivity contribution in [3.63, 3.8) is 0 Å². The molecule has 0 radical (unpaired) electrons. The molecular weight excluding hydrogens is 656 g/mol. The third-order valence-electron chi connectivity index (χ3n) is 10.4. The van der Waals surface area contributed by atoms with Crippen LogP contribution in [0.3, 0.4) is 0 Å². The van der Waals surface area contributed by atoms with E-state index in [4.69, 9.17) is 28.4 Å². The lowest BCUT2D eigenvalue weighted by Crippen LogP contribution is -2.36. The second kappa shape index (κ2) is 15.0. The topological polar surface area (TPSA) is 95.8 Å². The van der Waals surface area contributed by atoms with E-state index in [1.165, 1.54) is 0 Å². The molecule has 1 unspecified atom stereocenters. The van der Waals surface area contributed by atoms with Crippen LogP contribution in [0.5, 0.6) is 23.0 Å². The standard InChI is InChI=1S/C44H46O8/c1-5-6-20-44(51-25-24-50-23-22-45)39-26-29(28-46)7-17-36(39)40-35-18-16-34(49-4)27-38(35)42-37(41(40)44)19-21-43(52-42,30-8-12-32(47-2)13-9-30)31-10-14-33(48-3)15-11-31/h7-19,21,26-27,45-46H,5-6,20,22-25,28H2,1-4H3. The molecule has 5 aromatic carbocycles. The first kappa shape index (κ1) is 35.5. The fourth-order valence-electron chi connectivity index (χ4n) is 7.83. The van der Waals surface area contributed by atoms with E-state index < -0.39 is 11.2 Å². The quantitative estimate of drug-likeness (QED) is 0.106. The molecule has 2 aliphatic rings. The van der Waals surface area contributed by atoms with Crippen LogP contribution in [0.4, 0.5) is 0 Å². The Hall–Kier alpha value is -4.86. The minimum absolute atomic E-state index is 0.0538.